The number of hydrogen-bond donors (Lipinski definition) is 1. The second kappa shape index (κ2) is 10.5. The van der Waals surface area contributed by atoms with Gasteiger partial charge in [-0.25, -0.2) is 0 Å². The van der Waals surface area contributed by atoms with Crippen molar-refractivity contribution in [2.75, 3.05) is 33.1 Å². The summed E-state index contributed by atoms with van der Waals surface area (Å²) in [7, 11) is 0. The highest BCUT2D eigenvalue weighted by Gasteiger charge is 2.20. The number of hydrogen-bond acceptors (Lipinski definition) is 5. The highest BCUT2D eigenvalue weighted by Crippen LogP contribution is 2.33. The minimum Gasteiger partial charge on any atom is -0.454 e. The van der Waals surface area contributed by atoms with Gasteiger partial charge in [-0.3, -0.25) is 4.79 Å². The summed E-state index contributed by atoms with van der Waals surface area (Å²) in [6.07, 6.45) is 0.952. The maximum absolute atomic E-state index is 12.9. The van der Waals surface area contributed by atoms with Gasteiger partial charge in [0.25, 0.3) is 5.91 Å². The lowest BCUT2D eigenvalue weighted by atomic mass is 10.1. The predicted molar refractivity (Wildman–Crippen MR) is 109 cm³/mol. The van der Waals surface area contributed by atoms with Crippen molar-refractivity contribution < 1.29 is 24.3 Å². The van der Waals surface area contributed by atoms with Crippen LogP contribution in [0.1, 0.15) is 29.3 Å². The molecule has 0 saturated heterocycles. The Morgan fingerprint density at radius 1 is 1.25 bits per heavy atom. The van der Waals surface area contributed by atoms with Crippen LogP contribution in [0, 0.1) is 6.92 Å². The molecule has 1 aliphatic rings. The summed E-state index contributed by atoms with van der Waals surface area (Å²) >= 11 is 1.70. The zero-order chi connectivity index (χ0) is 19.8. The van der Waals surface area contributed by atoms with Crippen molar-refractivity contribution in [3.8, 4) is 11.5 Å². The molecule has 152 valence electrons. The highest BCUT2D eigenvalue weighted by atomic mass is 32.1. The molecule has 2 heterocycles. The molecule has 3 rings (SSSR count). The number of fused-ring (bicyclic) bond motifs is 1. The van der Waals surface area contributed by atoms with Crippen molar-refractivity contribution in [3.05, 3.63) is 45.6 Å². The molecule has 0 saturated carbocycles. The standard InChI is InChI=1S/C21H28N2O4S/c1-3-25-9-4-8-22-12-21(24)23(14-20-16(2)7-10-28-20)13-17-5-6-18-19(11-17)27-15-26-18/h5-7,10-11,22H,3-4,8-9,12-15H2,1-2H3/p+1. The van der Waals surface area contributed by atoms with Crippen LogP contribution in [-0.4, -0.2) is 43.9 Å². The first-order valence-electron chi connectivity index (χ1n) is 9.76. The zero-order valence-electron chi connectivity index (χ0n) is 16.6. The van der Waals surface area contributed by atoms with Gasteiger partial charge in [0.2, 0.25) is 6.79 Å². The number of thiophene rings is 1. The van der Waals surface area contributed by atoms with Crippen molar-refractivity contribution in [2.45, 2.75) is 33.4 Å². The third-order valence-electron chi connectivity index (χ3n) is 4.69. The maximum atomic E-state index is 12.9. The molecular weight excluding hydrogens is 376 g/mol. The lowest BCUT2D eigenvalue weighted by molar-refractivity contribution is -0.645. The van der Waals surface area contributed by atoms with E-state index in [1.807, 2.05) is 30.0 Å². The molecule has 0 aliphatic carbocycles. The van der Waals surface area contributed by atoms with Gasteiger partial charge in [-0.15, -0.1) is 11.3 Å². The second-order valence-corrected chi connectivity index (χ2v) is 7.80. The summed E-state index contributed by atoms with van der Waals surface area (Å²) in [5, 5.41) is 4.14. The minimum absolute atomic E-state index is 0.141. The highest BCUT2D eigenvalue weighted by molar-refractivity contribution is 7.10. The molecule has 0 atom stereocenters. The van der Waals surface area contributed by atoms with E-state index >= 15 is 0 Å². The van der Waals surface area contributed by atoms with Crippen molar-refractivity contribution in [3.63, 3.8) is 0 Å². The van der Waals surface area contributed by atoms with Crippen LogP contribution in [-0.2, 0) is 22.6 Å². The SMILES string of the molecule is CCOCCC[NH2+]CC(=O)N(Cc1ccc2c(c1)OCO2)Cc1sccc1C. The molecule has 0 spiro atoms. The largest absolute Gasteiger partial charge is 0.454 e. The topological polar surface area (TPSA) is 64.6 Å². The van der Waals surface area contributed by atoms with Gasteiger partial charge in [0.15, 0.2) is 18.0 Å². The number of ether oxygens (including phenoxy) is 3. The van der Waals surface area contributed by atoms with Crippen molar-refractivity contribution in [1.29, 1.82) is 0 Å². The average Bonchev–Trinajstić information content (AvgIpc) is 3.32. The van der Waals surface area contributed by atoms with Crippen LogP contribution in [0.4, 0.5) is 0 Å². The van der Waals surface area contributed by atoms with Gasteiger partial charge < -0.3 is 24.4 Å². The number of benzene rings is 1. The van der Waals surface area contributed by atoms with E-state index in [1.54, 1.807) is 11.3 Å². The fraction of sp³-hybridized carbons (Fsp3) is 0.476. The fourth-order valence-electron chi connectivity index (χ4n) is 3.06. The molecule has 0 radical (unpaired) electrons. The van der Waals surface area contributed by atoms with Gasteiger partial charge in [0, 0.05) is 24.4 Å². The number of nitrogens with two attached hydrogens (primary N) is 1. The smallest absolute Gasteiger partial charge is 0.278 e. The Morgan fingerprint density at radius 3 is 2.89 bits per heavy atom. The van der Waals surface area contributed by atoms with Crippen LogP contribution < -0.4 is 14.8 Å². The first kappa shape index (κ1) is 20.6. The summed E-state index contributed by atoms with van der Waals surface area (Å²) in [5.41, 5.74) is 2.28. The number of quaternary nitrogens is 1. The Morgan fingerprint density at radius 2 is 2.11 bits per heavy atom. The second-order valence-electron chi connectivity index (χ2n) is 6.80. The van der Waals surface area contributed by atoms with Crippen LogP contribution in [0.25, 0.3) is 0 Å². The Labute approximate surface area is 170 Å². The summed E-state index contributed by atoms with van der Waals surface area (Å²) in [5.74, 6) is 1.65. The van der Waals surface area contributed by atoms with Gasteiger partial charge in [-0.05, 0) is 48.6 Å². The molecule has 0 unspecified atom stereocenters. The van der Waals surface area contributed by atoms with Gasteiger partial charge in [-0.1, -0.05) is 6.07 Å². The monoisotopic (exact) mass is 405 g/mol. The van der Waals surface area contributed by atoms with Crippen LogP contribution in [0.5, 0.6) is 11.5 Å². The van der Waals surface area contributed by atoms with Crippen LogP contribution >= 0.6 is 11.3 Å². The van der Waals surface area contributed by atoms with Gasteiger partial charge in [0.1, 0.15) is 0 Å². The van der Waals surface area contributed by atoms with Crippen LogP contribution in [0.2, 0.25) is 0 Å². The van der Waals surface area contributed by atoms with E-state index in [9.17, 15) is 4.79 Å². The van der Waals surface area contributed by atoms with Gasteiger partial charge in [0.05, 0.1) is 19.7 Å². The van der Waals surface area contributed by atoms with E-state index in [1.165, 1.54) is 10.4 Å². The number of rotatable bonds is 11. The Hall–Kier alpha value is -2.09. The predicted octanol–water partition coefficient (Wildman–Crippen LogP) is 2.30. The molecule has 2 N–H and O–H groups in total. The van der Waals surface area contributed by atoms with Gasteiger partial charge in [-0.2, -0.15) is 0 Å². The van der Waals surface area contributed by atoms with Crippen LogP contribution in [0.15, 0.2) is 29.6 Å². The van der Waals surface area contributed by atoms with E-state index in [4.69, 9.17) is 14.2 Å². The summed E-state index contributed by atoms with van der Waals surface area (Å²) < 4.78 is 16.2. The Balaban J connectivity index is 1.61. The number of carbonyl (C=O) groups excluding carboxylic acids is 1. The van der Waals surface area contributed by atoms with Gasteiger partial charge >= 0.3 is 0 Å². The molecule has 28 heavy (non-hydrogen) atoms. The molecule has 1 aromatic carbocycles. The Bertz CT molecular complexity index is 778. The van der Waals surface area contributed by atoms with Crippen molar-refractivity contribution >= 4 is 17.2 Å². The number of nitrogens with zero attached hydrogens (tertiary/aromatic N) is 1. The third kappa shape index (κ3) is 5.70. The lowest BCUT2D eigenvalue weighted by Gasteiger charge is -2.22. The normalized spacial score (nSPS) is 12.4. The van der Waals surface area contributed by atoms with E-state index in [-0.39, 0.29) is 12.7 Å². The zero-order valence-corrected chi connectivity index (χ0v) is 17.4. The van der Waals surface area contributed by atoms with Crippen molar-refractivity contribution in [2.24, 2.45) is 0 Å². The molecule has 1 amide bonds. The lowest BCUT2D eigenvalue weighted by Crippen LogP contribution is -2.86. The molecule has 2 aromatic rings. The molecule has 7 heteroatoms. The van der Waals surface area contributed by atoms with E-state index in [0.29, 0.717) is 19.6 Å². The first-order chi connectivity index (χ1) is 13.7. The minimum atomic E-state index is 0.141. The fourth-order valence-corrected chi connectivity index (χ4v) is 3.98. The molecule has 1 aliphatic heterocycles. The Kier molecular flexibility index (Phi) is 7.71. The molecular formula is C21H29N2O4S+. The van der Waals surface area contributed by atoms with E-state index < -0.39 is 0 Å². The first-order valence-corrected chi connectivity index (χ1v) is 10.6. The average molecular weight is 406 g/mol. The van der Waals surface area contributed by atoms with Crippen molar-refractivity contribution in [1.82, 2.24) is 4.90 Å². The number of carbonyl (C=O) groups is 1. The summed E-state index contributed by atoms with van der Waals surface area (Å²) in [6, 6.07) is 7.98. The van der Waals surface area contributed by atoms with E-state index in [0.717, 1.165) is 43.2 Å². The van der Waals surface area contributed by atoms with E-state index in [2.05, 4.69) is 23.7 Å². The molecule has 1 aromatic heterocycles. The molecule has 0 fully saturated rings. The van der Waals surface area contributed by atoms with Crippen LogP contribution in [0.3, 0.4) is 0 Å². The number of aryl methyl sites for hydroxylation is 1. The third-order valence-corrected chi connectivity index (χ3v) is 5.69. The quantitative estimate of drug-likeness (QED) is 0.583. The summed E-state index contributed by atoms with van der Waals surface area (Å²) in [4.78, 5) is 16.1. The molecule has 6 nitrogen and oxygen atoms in total. The molecule has 0 bridgehead atoms. The summed E-state index contributed by atoms with van der Waals surface area (Å²) in [6.45, 7) is 8.35. The number of amides is 1. The maximum Gasteiger partial charge on any atom is 0.278 e.